The average molecular weight is 826 g/mol. The lowest BCUT2D eigenvalue weighted by Crippen LogP contribution is -2.60. The van der Waals surface area contributed by atoms with Crippen LogP contribution in [0.5, 0.6) is 5.75 Å². The van der Waals surface area contributed by atoms with Gasteiger partial charge in [0.1, 0.15) is 11.3 Å². The van der Waals surface area contributed by atoms with Gasteiger partial charge in [-0.25, -0.2) is 4.98 Å². The molecule has 13 heteroatoms. The normalized spacial score (nSPS) is 13.9. The lowest BCUT2D eigenvalue weighted by molar-refractivity contribution is -0.180. The number of carbonyl (C=O) groups is 6. The number of aryl methyl sites for hydroxylation is 2. The molecular formula is C46H59N5O7S. The number of nitrogens with zero attached hydrogens (tertiary/aromatic N) is 5. The van der Waals surface area contributed by atoms with E-state index in [0.29, 0.717) is 44.7 Å². The summed E-state index contributed by atoms with van der Waals surface area (Å²) in [4.78, 5) is 93.7. The summed E-state index contributed by atoms with van der Waals surface area (Å²) >= 11 is 1.39. The van der Waals surface area contributed by atoms with Gasteiger partial charge in [0.25, 0.3) is 23.6 Å². The van der Waals surface area contributed by atoms with Crippen molar-refractivity contribution in [3.05, 3.63) is 80.8 Å². The number of rotatable bonds is 16. The highest BCUT2D eigenvalue weighted by molar-refractivity contribution is 7.17. The fourth-order valence-corrected chi connectivity index (χ4v) is 7.94. The largest absolute Gasteiger partial charge is 0.497 e. The Morgan fingerprint density at radius 2 is 1.44 bits per heavy atom. The van der Waals surface area contributed by atoms with Crippen LogP contribution in [0.15, 0.2) is 59.2 Å². The van der Waals surface area contributed by atoms with Gasteiger partial charge in [-0.15, -0.1) is 0 Å². The fraction of sp³-hybridized carbons (Fsp3) is 0.457. The maximum absolute atomic E-state index is 14.9. The molecular weight excluding hydrogens is 767 g/mol. The van der Waals surface area contributed by atoms with E-state index < -0.39 is 46.4 Å². The first kappa shape index (κ1) is 46.3. The van der Waals surface area contributed by atoms with Gasteiger partial charge in [-0.2, -0.15) is 10.0 Å². The Labute approximate surface area is 352 Å². The van der Waals surface area contributed by atoms with Crippen molar-refractivity contribution >= 4 is 58.0 Å². The first-order chi connectivity index (χ1) is 27.9. The molecule has 2 heterocycles. The van der Waals surface area contributed by atoms with Gasteiger partial charge < -0.3 is 9.64 Å². The van der Waals surface area contributed by atoms with Crippen molar-refractivity contribution in [1.29, 1.82) is 0 Å². The minimum Gasteiger partial charge on any atom is -0.497 e. The monoisotopic (exact) mass is 825 g/mol. The molecule has 59 heavy (non-hydrogen) atoms. The van der Waals surface area contributed by atoms with Crippen LogP contribution in [0.2, 0.25) is 0 Å². The first-order valence-electron chi connectivity index (χ1n) is 20.4. The molecule has 1 aliphatic rings. The van der Waals surface area contributed by atoms with Gasteiger partial charge in [-0.1, -0.05) is 103 Å². The van der Waals surface area contributed by atoms with Gasteiger partial charge in [-0.3, -0.25) is 33.7 Å². The van der Waals surface area contributed by atoms with Crippen molar-refractivity contribution in [2.45, 2.75) is 114 Å². The first-order valence-corrected chi connectivity index (χ1v) is 21.3. The van der Waals surface area contributed by atoms with Crippen LogP contribution in [0.1, 0.15) is 116 Å². The second kappa shape index (κ2) is 20.0. The minimum atomic E-state index is -1.21. The standard InChI is InChI=1S/C46H59N5O7S/c1-12-16-23-48(24-17-13-2)45-47-40(39-33(14-3)25-35(58-11)26-34(39)15-4)37(59-45)27-36-29(5)38(42(55)49(30(6)52)28-32-21-19-18-20-22-32)43(56)51(41(36)54)50(31(7)53)44(57)46(8,9)10/h18-22,25-27H,12-17,23-24,28H2,1-11H3/b36-27-. The smallest absolute Gasteiger partial charge is 0.286 e. The summed E-state index contributed by atoms with van der Waals surface area (Å²) < 4.78 is 5.67. The van der Waals surface area contributed by atoms with Crippen LogP contribution in [-0.4, -0.2) is 75.5 Å². The average Bonchev–Trinajstić information content (AvgIpc) is 3.61. The number of aromatic nitrogens is 1. The van der Waals surface area contributed by atoms with Crippen LogP contribution in [-0.2, 0) is 48.2 Å². The van der Waals surface area contributed by atoms with Crippen molar-refractivity contribution in [2.75, 3.05) is 25.1 Å². The summed E-state index contributed by atoms with van der Waals surface area (Å²) in [5, 5.41) is 1.72. The lowest BCUT2D eigenvalue weighted by Gasteiger charge is -2.38. The van der Waals surface area contributed by atoms with E-state index >= 15 is 0 Å². The molecule has 0 N–H and O–H groups in total. The van der Waals surface area contributed by atoms with Crippen LogP contribution in [0.25, 0.3) is 17.3 Å². The molecule has 0 saturated heterocycles. The molecule has 6 amide bonds. The number of anilines is 1. The number of carbonyl (C=O) groups excluding carboxylic acids is 6. The van der Waals surface area contributed by atoms with Gasteiger partial charge in [0.2, 0.25) is 11.8 Å². The third-order valence-corrected chi connectivity index (χ3v) is 11.3. The highest BCUT2D eigenvalue weighted by atomic mass is 32.1. The highest BCUT2D eigenvalue weighted by Crippen LogP contribution is 2.42. The second-order valence-corrected chi connectivity index (χ2v) is 16.7. The summed E-state index contributed by atoms with van der Waals surface area (Å²) in [5.41, 5.74) is 2.29. The Morgan fingerprint density at radius 3 is 1.92 bits per heavy atom. The highest BCUT2D eigenvalue weighted by Gasteiger charge is 2.48. The number of benzene rings is 2. The number of imide groups is 3. The summed E-state index contributed by atoms with van der Waals surface area (Å²) in [5.74, 6) is -4.77. The molecule has 1 aliphatic heterocycles. The Hall–Kier alpha value is -5.43. The van der Waals surface area contributed by atoms with Crippen LogP contribution in [0.4, 0.5) is 5.13 Å². The molecule has 0 bridgehead atoms. The van der Waals surface area contributed by atoms with Crippen molar-refractivity contribution < 1.29 is 33.5 Å². The number of unbranched alkanes of at least 4 members (excludes halogenated alkanes) is 2. The predicted octanol–water partition coefficient (Wildman–Crippen LogP) is 8.33. The summed E-state index contributed by atoms with van der Waals surface area (Å²) in [6, 6.07) is 12.8. The van der Waals surface area contributed by atoms with Gasteiger partial charge in [0, 0.05) is 43.5 Å². The number of ether oxygens (including phenoxy) is 1. The van der Waals surface area contributed by atoms with Crippen LogP contribution in [0.3, 0.4) is 0 Å². The second-order valence-electron chi connectivity index (χ2n) is 15.7. The zero-order chi connectivity index (χ0) is 43.8. The molecule has 0 saturated carbocycles. The molecule has 12 nitrogen and oxygen atoms in total. The maximum Gasteiger partial charge on any atom is 0.286 e. The summed E-state index contributed by atoms with van der Waals surface area (Å²) in [6.07, 6.45) is 6.77. The van der Waals surface area contributed by atoms with E-state index in [1.54, 1.807) is 64.3 Å². The van der Waals surface area contributed by atoms with E-state index in [2.05, 4.69) is 32.6 Å². The Bertz CT molecular complexity index is 2110. The third kappa shape index (κ3) is 10.2. The summed E-state index contributed by atoms with van der Waals surface area (Å²) in [6.45, 7) is 18.2. The number of amides is 6. The minimum absolute atomic E-state index is 0.00292. The van der Waals surface area contributed by atoms with E-state index in [-0.39, 0.29) is 17.7 Å². The van der Waals surface area contributed by atoms with E-state index in [0.717, 1.165) is 72.4 Å². The van der Waals surface area contributed by atoms with Gasteiger partial charge in [-0.05, 0) is 73.1 Å². The molecule has 0 aliphatic carbocycles. The maximum atomic E-state index is 14.9. The number of hydrogen-bond acceptors (Lipinski definition) is 10. The van der Waals surface area contributed by atoms with Gasteiger partial charge >= 0.3 is 0 Å². The van der Waals surface area contributed by atoms with E-state index in [1.807, 2.05) is 12.1 Å². The molecule has 0 atom stereocenters. The lowest BCUT2D eigenvalue weighted by atomic mass is 9.91. The molecule has 0 fully saturated rings. The third-order valence-electron chi connectivity index (χ3n) is 10.2. The number of methoxy groups -OCH3 is 1. The van der Waals surface area contributed by atoms with Crippen LogP contribution in [0, 0.1) is 5.41 Å². The predicted molar refractivity (Wildman–Crippen MR) is 232 cm³/mol. The Morgan fingerprint density at radius 1 is 0.864 bits per heavy atom. The molecule has 316 valence electrons. The molecule has 1 aromatic heterocycles. The van der Waals surface area contributed by atoms with Crippen molar-refractivity contribution in [2.24, 2.45) is 5.41 Å². The Balaban J connectivity index is 2.12. The van der Waals surface area contributed by atoms with Gasteiger partial charge in [0.05, 0.1) is 24.2 Å². The Kier molecular flexibility index (Phi) is 15.7. The van der Waals surface area contributed by atoms with Crippen molar-refractivity contribution in [3.63, 3.8) is 0 Å². The fourth-order valence-electron chi connectivity index (χ4n) is 6.87. The molecule has 2 aromatic carbocycles. The van der Waals surface area contributed by atoms with Crippen LogP contribution < -0.4 is 9.64 Å². The van der Waals surface area contributed by atoms with Gasteiger partial charge in [0.15, 0.2) is 5.13 Å². The quantitative estimate of drug-likeness (QED) is 0.0793. The zero-order valence-corrected chi connectivity index (χ0v) is 37.3. The van der Waals surface area contributed by atoms with Crippen molar-refractivity contribution in [1.82, 2.24) is 19.9 Å². The number of hydrazine groups is 1. The molecule has 0 unspecified atom stereocenters. The molecule has 0 radical (unpaired) electrons. The SMILES string of the molecule is CCCCN(CCCC)c1nc(-c2c(CC)cc(OC)cc2CC)c(/C=C2\C(=O)N(N(C(C)=O)C(=O)C(C)(C)C)C(=O)C(C(=O)N(Cc3ccccc3)C(C)=O)=C2C)s1. The van der Waals surface area contributed by atoms with Crippen LogP contribution >= 0.6 is 11.3 Å². The van der Waals surface area contributed by atoms with E-state index in [9.17, 15) is 28.8 Å². The number of thiazole rings is 1. The topological polar surface area (TPSA) is 138 Å². The van der Waals surface area contributed by atoms with Crippen molar-refractivity contribution in [3.8, 4) is 17.0 Å². The number of hydrogen-bond donors (Lipinski definition) is 0. The molecule has 4 rings (SSSR count). The summed E-state index contributed by atoms with van der Waals surface area (Å²) in [7, 11) is 1.63. The molecule has 3 aromatic rings. The zero-order valence-electron chi connectivity index (χ0n) is 36.5. The van der Waals surface area contributed by atoms with E-state index in [4.69, 9.17) is 9.72 Å². The van der Waals surface area contributed by atoms with E-state index in [1.165, 1.54) is 25.2 Å². The molecule has 0 spiro atoms.